The van der Waals surface area contributed by atoms with E-state index >= 15 is 0 Å². The summed E-state index contributed by atoms with van der Waals surface area (Å²) < 4.78 is 21.8. The van der Waals surface area contributed by atoms with Gasteiger partial charge in [0.05, 0.1) is 11.7 Å². The number of nitrogen functional groups attached to an aromatic ring is 1. The Kier molecular flexibility index (Phi) is 4.98. The zero-order chi connectivity index (χ0) is 17.3. The van der Waals surface area contributed by atoms with Crippen molar-refractivity contribution in [2.45, 2.75) is 13.0 Å². The van der Waals surface area contributed by atoms with Crippen LogP contribution >= 0.6 is 27.5 Å². The highest BCUT2D eigenvalue weighted by Crippen LogP contribution is 2.35. The Morgan fingerprint density at radius 3 is 2.96 bits per heavy atom. The van der Waals surface area contributed by atoms with Crippen molar-refractivity contribution in [3.05, 3.63) is 34.0 Å². The molecule has 3 aromatic rings. The van der Waals surface area contributed by atoms with Gasteiger partial charge in [-0.25, -0.2) is 19.3 Å². The highest BCUT2D eigenvalue weighted by atomic mass is 79.9. The van der Waals surface area contributed by atoms with Crippen molar-refractivity contribution >= 4 is 44.4 Å². The van der Waals surface area contributed by atoms with Crippen LogP contribution in [0.5, 0.6) is 0 Å². The maximum absolute atomic E-state index is 14.2. The van der Waals surface area contributed by atoms with Gasteiger partial charge in [0, 0.05) is 37.4 Å². The maximum atomic E-state index is 14.2. The standard InChI is InChI=1S/C15H14BrClFN5O/c1-24-4-2-3-23-7-9(12-10(18)6-20-15(19)22-12)8-5-11(16)21-14(17)13(8)23/h5-7H,2-4H2,1H3,(H2,19,20,22). The number of hydrogen-bond acceptors (Lipinski definition) is 5. The molecule has 0 spiro atoms. The van der Waals surface area contributed by atoms with E-state index in [4.69, 9.17) is 22.1 Å². The number of anilines is 1. The number of ether oxygens (including phenoxy) is 1. The van der Waals surface area contributed by atoms with Crippen LogP contribution in [0.25, 0.3) is 22.2 Å². The minimum Gasteiger partial charge on any atom is -0.385 e. The van der Waals surface area contributed by atoms with Crippen molar-refractivity contribution in [1.29, 1.82) is 0 Å². The second-order valence-corrected chi connectivity index (χ2v) is 6.31. The highest BCUT2D eigenvalue weighted by Gasteiger charge is 2.19. The Morgan fingerprint density at radius 2 is 2.21 bits per heavy atom. The number of aryl methyl sites for hydroxylation is 1. The minimum atomic E-state index is -0.552. The molecule has 0 unspecified atom stereocenters. The third-order valence-corrected chi connectivity index (χ3v) is 4.22. The summed E-state index contributed by atoms with van der Waals surface area (Å²) in [6, 6.07) is 1.78. The highest BCUT2D eigenvalue weighted by molar-refractivity contribution is 9.10. The van der Waals surface area contributed by atoms with Crippen LogP contribution in [0.4, 0.5) is 10.3 Å². The van der Waals surface area contributed by atoms with Crippen LogP contribution in [0.2, 0.25) is 5.15 Å². The van der Waals surface area contributed by atoms with Crippen LogP contribution in [0.1, 0.15) is 6.42 Å². The minimum absolute atomic E-state index is 0.00546. The van der Waals surface area contributed by atoms with E-state index in [1.807, 2.05) is 4.57 Å². The van der Waals surface area contributed by atoms with Gasteiger partial charge in [-0.05, 0) is 28.4 Å². The summed E-state index contributed by atoms with van der Waals surface area (Å²) in [4.78, 5) is 11.9. The van der Waals surface area contributed by atoms with Gasteiger partial charge in [-0.2, -0.15) is 0 Å². The van der Waals surface area contributed by atoms with E-state index in [9.17, 15) is 4.39 Å². The second kappa shape index (κ2) is 7.00. The molecule has 0 amide bonds. The molecule has 3 aromatic heterocycles. The van der Waals surface area contributed by atoms with E-state index in [-0.39, 0.29) is 11.6 Å². The molecule has 0 radical (unpaired) electrons. The molecule has 9 heteroatoms. The first-order chi connectivity index (χ1) is 11.5. The molecular formula is C15H14BrClFN5O. The number of nitrogens with two attached hydrogens (primary N) is 1. The van der Waals surface area contributed by atoms with Crippen molar-refractivity contribution in [2.75, 3.05) is 19.5 Å². The van der Waals surface area contributed by atoms with Gasteiger partial charge in [0.1, 0.15) is 10.3 Å². The Morgan fingerprint density at radius 1 is 1.42 bits per heavy atom. The first-order valence-corrected chi connectivity index (χ1v) is 8.30. The summed E-state index contributed by atoms with van der Waals surface area (Å²) in [6.45, 7) is 1.25. The van der Waals surface area contributed by atoms with Gasteiger partial charge in [-0.1, -0.05) is 11.6 Å². The normalized spacial score (nSPS) is 11.3. The Hall–Kier alpha value is -1.77. The van der Waals surface area contributed by atoms with Crippen molar-refractivity contribution in [3.8, 4) is 11.3 Å². The molecule has 0 saturated carbocycles. The van der Waals surface area contributed by atoms with E-state index in [0.717, 1.165) is 18.0 Å². The molecule has 2 N–H and O–H groups in total. The molecule has 0 aromatic carbocycles. The van der Waals surface area contributed by atoms with E-state index in [1.165, 1.54) is 0 Å². The molecule has 24 heavy (non-hydrogen) atoms. The van der Waals surface area contributed by atoms with Gasteiger partial charge in [0.2, 0.25) is 5.95 Å². The summed E-state index contributed by atoms with van der Waals surface area (Å²) in [5, 5.41) is 1.06. The fraction of sp³-hybridized carbons (Fsp3) is 0.267. The van der Waals surface area contributed by atoms with Gasteiger partial charge in [0.15, 0.2) is 11.0 Å². The smallest absolute Gasteiger partial charge is 0.220 e. The van der Waals surface area contributed by atoms with Crippen LogP contribution in [-0.2, 0) is 11.3 Å². The quantitative estimate of drug-likeness (QED) is 0.509. The van der Waals surface area contributed by atoms with Crippen LogP contribution < -0.4 is 5.73 Å². The van der Waals surface area contributed by atoms with Gasteiger partial charge in [-0.3, -0.25) is 0 Å². The molecule has 0 saturated heterocycles. The number of methoxy groups -OCH3 is 1. The summed E-state index contributed by atoms with van der Waals surface area (Å²) in [5.41, 5.74) is 7.04. The molecule has 126 valence electrons. The lowest BCUT2D eigenvalue weighted by atomic mass is 10.1. The fourth-order valence-electron chi connectivity index (χ4n) is 2.56. The molecule has 0 aliphatic rings. The summed E-state index contributed by atoms with van der Waals surface area (Å²) in [6.07, 6.45) is 3.63. The van der Waals surface area contributed by atoms with Gasteiger partial charge in [0.25, 0.3) is 0 Å². The van der Waals surface area contributed by atoms with E-state index in [2.05, 4.69) is 30.9 Å². The second-order valence-electron chi connectivity index (χ2n) is 5.14. The molecule has 6 nitrogen and oxygen atoms in total. The average Bonchev–Trinajstić information content (AvgIpc) is 2.88. The number of halogens is 3. The Balaban J connectivity index is 2.22. The average molecular weight is 415 g/mol. The number of fused-ring (bicyclic) bond motifs is 1. The lowest BCUT2D eigenvalue weighted by Gasteiger charge is -2.05. The van der Waals surface area contributed by atoms with Crippen molar-refractivity contribution in [1.82, 2.24) is 19.5 Å². The van der Waals surface area contributed by atoms with Crippen LogP contribution in [-0.4, -0.2) is 33.2 Å². The van der Waals surface area contributed by atoms with Crippen molar-refractivity contribution < 1.29 is 9.13 Å². The van der Waals surface area contributed by atoms with Gasteiger partial charge < -0.3 is 15.0 Å². The third kappa shape index (κ3) is 3.22. The topological polar surface area (TPSA) is 78.9 Å². The van der Waals surface area contributed by atoms with Crippen LogP contribution in [0.15, 0.2) is 23.1 Å². The lowest BCUT2D eigenvalue weighted by molar-refractivity contribution is 0.190. The number of pyridine rings is 1. The molecule has 0 fully saturated rings. The molecule has 3 heterocycles. The predicted molar refractivity (Wildman–Crippen MR) is 94.3 cm³/mol. The zero-order valence-electron chi connectivity index (χ0n) is 12.8. The first kappa shape index (κ1) is 17.1. The molecule has 0 aliphatic heterocycles. The maximum Gasteiger partial charge on any atom is 0.220 e. The third-order valence-electron chi connectivity index (χ3n) is 3.55. The monoisotopic (exact) mass is 413 g/mol. The predicted octanol–water partition coefficient (Wildman–Crippen LogP) is 3.67. The molecule has 0 aliphatic carbocycles. The largest absolute Gasteiger partial charge is 0.385 e. The van der Waals surface area contributed by atoms with Gasteiger partial charge >= 0.3 is 0 Å². The van der Waals surface area contributed by atoms with Crippen LogP contribution in [0, 0.1) is 5.82 Å². The van der Waals surface area contributed by atoms with E-state index in [0.29, 0.717) is 34.0 Å². The molecule has 0 bridgehead atoms. The summed E-state index contributed by atoms with van der Waals surface area (Å²) in [5.74, 6) is -0.546. The number of aromatic nitrogens is 4. The summed E-state index contributed by atoms with van der Waals surface area (Å²) >= 11 is 9.63. The van der Waals surface area contributed by atoms with Crippen molar-refractivity contribution in [3.63, 3.8) is 0 Å². The van der Waals surface area contributed by atoms with E-state index in [1.54, 1.807) is 19.4 Å². The molecular weight excluding hydrogens is 401 g/mol. The lowest BCUT2D eigenvalue weighted by Crippen LogP contribution is -2.01. The Labute approximate surface area is 150 Å². The molecule has 0 atom stereocenters. The zero-order valence-corrected chi connectivity index (χ0v) is 15.1. The number of hydrogen-bond donors (Lipinski definition) is 1. The molecule has 3 rings (SSSR count). The first-order valence-electron chi connectivity index (χ1n) is 7.13. The Bertz CT molecular complexity index is 901. The SMILES string of the molecule is COCCCn1cc(-c2nc(N)ncc2F)c2cc(Br)nc(Cl)c21. The number of nitrogens with zero attached hydrogens (tertiary/aromatic N) is 4. The van der Waals surface area contributed by atoms with E-state index < -0.39 is 5.82 Å². The summed E-state index contributed by atoms with van der Waals surface area (Å²) in [7, 11) is 1.64. The number of rotatable bonds is 5. The fourth-order valence-corrected chi connectivity index (χ4v) is 3.37. The van der Waals surface area contributed by atoms with Gasteiger partial charge in [-0.15, -0.1) is 0 Å². The van der Waals surface area contributed by atoms with Crippen LogP contribution in [0.3, 0.4) is 0 Å². The van der Waals surface area contributed by atoms with Crippen molar-refractivity contribution in [2.24, 2.45) is 0 Å².